The molecule has 16 heavy (non-hydrogen) atoms. The quantitative estimate of drug-likeness (QED) is 0.824. The highest BCUT2D eigenvalue weighted by Crippen LogP contribution is 2.27. The van der Waals surface area contributed by atoms with Crippen molar-refractivity contribution in [2.24, 2.45) is 0 Å². The van der Waals surface area contributed by atoms with Gasteiger partial charge in [-0.05, 0) is 36.6 Å². The first-order valence-corrected chi connectivity index (χ1v) is 5.94. The zero-order chi connectivity index (χ0) is 11.4. The van der Waals surface area contributed by atoms with Crippen LogP contribution in [0.25, 0.3) is 0 Å². The standard InChI is InChI=1S/C12H14ClNO2/c13-6-5-12(15)14-10-3-4-11-9(8-10)2-1-7-16-11/h3-4,8H,1-2,5-7H2,(H,14,15). The minimum absolute atomic E-state index is 0.0494. The van der Waals surface area contributed by atoms with Gasteiger partial charge in [0.25, 0.3) is 0 Å². The van der Waals surface area contributed by atoms with Crippen LogP contribution in [0.5, 0.6) is 5.75 Å². The van der Waals surface area contributed by atoms with Crippen molar-refractivity contribution in [2.45, 2.75) is 19.3 Å². The monoisotopic (exact) mass is 239 g/mol. The highest BCUT2D eigenvalue weighted by molar-refractivity contribution is 6.19. The predicted molar refractivity (Wildman–Crippen MR) is 64.2 cm³/mol. The van der Waals surface area contributed by atoms with Crippen molar-refractivity contribution in [3.63, 3.8) is 0 Å². The number of hydrogen-bond donors (Lipinski definition) is 1. The minimum atomic E-state index is -0.0494. The topological polar surface area (TPSA) is 38.3 Å². The van der Waals surface area contributed by atoms with Gasteiger partial charge < -0.3 is 10.1 Å². The third-order valence-corrected chi connectivity index (χ3v) is 2.70. The maximum atomic E-state index is 11.4. The summed E-state index contributed by atoms with van der Waals surface area (Å²) in [4.78, 5) is 11.4. The Morgan fingerprint density at radius 2 is 2.38 bits per heavy atom. The van der Waals surface area contributed by atoms with E-state index in [9.17, 15) is 4.79 Å². The van der Waals surface area contributed by atoms with Crippen molar-refractivity contribution in [1.29, 1.82) is 0 Å². The summed E-state index contributed by atoms with van der Waals surface area (Å²) in [6, 6.07) is 5.74. The Morgan fingerprint density at radius 1 is 1.50 bits per heavy atom. The fourth-order valence-electron chi connectivity index (χ4n) is 1.75. The third kappa shape index (κ3) is 2.67. The summed E-state index contributed by atoms with van der Waals surface area (Å²) in [7, 11) is 0. The number of aryl methyl sites for hydroxylation is 1. The molecule has 1 N–H and O–H groups in total. The number of fused-ring (bicyclic) bond motifs is 1. The predicted octanol–water partition coefficient (Wildman–Crippen LogP) is 2.58. The van der Waals surface area contributed by atoms with E-state index in [4.69, 9.17) is 16.3 Å². The molecule has 0 radical (unpaired) electrons. The largest absolute Gasteiger partial charge is 0.493 e. The van der Waals surface area contributed by atoms with Crippen LogP contribution in [-0.4, -0.2) is 18.4 Å². The van der Waals surface area contributed by atoms with Gasteiger partial charge in [0.2, 0.25) is 5.91 Å². The van der Waals surface area contributed by atoms with Gasteiger partial charge in [0.15, 0.2) is 0 Å². The molecule has 1 heterocycles. The minimum Gasteiger partial charge on any atom is -0.493 e. The van der Waals surface area contributed by atoms with Gasteiger partial charge in [-0.15, -0.1) is 11.6 Å². The molecule has 0 aromatic heterocycles. The van der Waals surface area contributed by atoms with Crippen molar-refractivity contribution >= 4 is 23.2 Å². The van der Waals surface area contributed by atoms with Crippen LogP contribution in [0.3, 0.4) is 0 Å². The van der Waals surface area contributed by atoms with Crippen molar-refractivity contribution < 1.29 is 9.53 Å². The molecule has 0 bridgehead atoms. The Kier molecular flexibility index (Phi) is 3.67. The van der Waals surface area contributed by atoms with E-state index < -0.39 is 0 Å². The number of rotatable bonds is 3. The van der Waals surface area contributed by atoms with E-state index in [0.717, 1.165) is 36.4 Å². The van der Waals surface area contributed by atoms with Crippen molar-refractivity contribution in [3.05, 3.63) is 23.8 Å². The Balaban J connectivity index is 2.08. The number of anilines is 1. The molecule has 1 aliphatic heterocycles. The molecule has 1 amide bonds. The van der Waals surface area contributed by atoms with E-state index in [1.165, 1.54) is 0 Å². The number of carbonyl (C=O) groups excluding carboxylic acids is 1. The Morgan fingerprint density at radius 3 is 3.19 bits per heavy atom. The van der Waals surface area contributed by atoms with E-state index in [2.05, 4.69) is 5.32 Å². The highest BCUT2D eigenvalue weighted by Gasteiger charge is 2.11. The van der Waals surface area contributed by atoms with Gasteiger partial charge in [-0.1, -0.05) is 0 Å². The SMILES string of the molecule is O=C(CCCl)Nc1ccc2c(c1)CCCO2. The molecular weight excluding hydrogens is 226 g/mol. The lowest BCUT2D eigenvalue weighted by Gasteiger charge is -2.18. The van der Waals surface area contributed by atoms with Crippen molar-refractivity contribution in [3.8, 4) is 5.75 Å². The van der Waals surface area contributed by atoms with E-state index in [1.807, 2.05) is 18.2 Å². The van der Waals surface area contributed by atoms with Crippen LogP contribution in [0.15, 0.2) is 18.2 Å². The number of hydrogen-bond acceptors (Lipinski definition) is 2. The fourth-order valence-corrected chi connectivity index (χ4v) is 1.92. The number of ether oxygens (including phenoxy) is 1. The molecule has 0 atom stereocenters. The van der Waals surface area contributed by atoms with Crippen LogP contribution in [0.1, 0.15) is 18.4 Å². The molecule has 2 rings (SSSR count). The average molecular weight is 240 g/mol. The second-order valence-corrected chi connectivity index (χ2v) is 4.14. The Bertz CT molecular complexity index is 393. The molecule has 1 aromatic carbocycles. The van der Waals surface area contributed by atoms with Gasteiger partial charge >= 0.3 is 0 Å². The zero-order valence-corrected chi connectivity index (χ0v) is 9.72. The second kappa shape index (κ2) is 5.21. The second-order valence-electron chi connectivity index (χ2n) is 3.76. The van der Waals surface area contributed by atoms with Crippen LogP contribution < -0.4 is 10.1 Å². The number of halogens is 1. The lowest BCUT2D eigenvalue weighted by atomic mass is 10.1. The molecular formula is C12H14ClNO2. The average Bonchev–Trinajstić information content (AvgIpc) is 2.29. The fraction of sp³-hybridized carbons (Fsp3) is 0.417. The van der Waals surface area contributed by atoms with Gasteiger partial charge in [0.05, 0.1) is 6.61 Å². The molecule has 0 saturated carbocycles. The van der Waals surface area contributed by atoms with E-state index in [-0.39, 0.29) is 5.91 Å². The molecule has 0 aliphatic carbocycles. The van der Waals surface area contributed by atoms with E-state index in [1.54, 1.807) is 0 Å². The van der Waals surface area contributed by atoms with Crippen LogP contribution >= 0.6 is 11.6 Å². The maximum Gasteiger partial charge on any atom is 0.225 e. The lowest BCUT2D eigenvalue weighted by molar-refractivity contribution is -0.115. The van der Waals surface area contributed by atoms with Gasteiger partial charge in [0.1, 0.15) is 5.75 Å². The Labute approximate surface area is 99.7 Å². The normalized spacial score (nSPS) is 13.8. The summed E-state index contributed by atoms with van der Waals surface area (Å²) >= 11 is 5.50. The van der Waals surface area contributed by atoms with Gasteiger partial charge in [-0.25, -0.2) is 0 Å². The zero-order valence-electron chi connectivity index (χ0n) is 8.96. The van der Waals surface area contributed by atoms with Gasteiger partial charge in [-0.3, -0.25) is 4.79 Å². The molecule has 0 spiro atoms. The summed E-state index contributed by atoms with van der Waals surface area (Å²) in [6.45, 7) is 0.783. The van der Waals surface area contributed by atoms with E-state index in [0.29, 0.717) is 12.3 Å². The molecule has 4 heteroatoms. The molecule has 1 aliphatic rings. The molecule has 0 saturated heterocycles. The summed E-state index contributed by atoms with van der Waals surface area (Å²) < 4.78 is 5.50. The Hall–Kier alpha value is -1.22. The first-order valence-electron chi connectivity index (χ1n) is 5.41. The molecule has 86 valence electrons. The van der Waals surface area contributed by atoms with Crippen LogP contribution in [0.2, 0.25) is 0 Å². The van der Waals surface area contributed by atoms with Crippen LogP contribution in [0, 0.1) is 0 Å². The summed E-state index contributed by atoms with van der Waals surface area (Å²) in [5, 5.41) is 2.81. The third-order valence-electron chi connectivity index (χ3n) is 2.51. The summed E-state index contributed by atoms with van der Waals surface area (Å²) in [5.74, 6) is 1.23. The number of amides is 1. The van der Waals surface area contributed by atoms with E-state index >= 15 is 0 Å². The van der Waals surface area contributed by atoms with Crippen LogP contribution in [-0.2, 0) is 11.2 Å². The smallest absolute Gasteiger partial charge is 0.225 e. The molecule has 3 nitrogen and oxygen atoms in total. The van der Waals surface area contributed by atoms with Crippen LogP contribution in [0.4, 0.5) is 5.69 Å². The van der Waals surface area contributed by atoms with Crippen molar-refractivity contribution in [1.82, 2.24) is 0 Å². The first kappa shape index (κ1) is 11.3. The number of nitrogens with one attached hydrogen (secondary N) is 1. The van der Waals surface area contributed by atoms with Gasteiger partial charge in [-0.2, -0.15) is 0 Å². The first-order chi connectivity index (χ1) is 7.79. The summed E-state index contributed by atoms with van der Waals surface area (Å²) in [5.41, 5.74) is 1.98. The highest BCUT2D eigenvalue weighted by atomic mass is 35.5. The number of alkyl halides is 1. The number of benzene rings is 1. The van der Waals surface area contributed by atoms with Gasteiger partial charge in [0, 0.05) is 18.0 Å². The summed E-state index contributed by atoms with van der Waals surface area (Å²) in [6.07, 6.45) is 2.38. The van der Waals surface area contributed by atoms with Crippen molar-refractivity contribution in [2.75, 3.05) is 17.8 Å². The number of carbonyl (C=O) groups is 1. The molecule has 0 unspecified atom stereocenters. The molecule has 0 fully saturated rings. The molecule has 1 aromatic rings. The maximum absolute atomic E-state index is 11.4. The lowest BCUT2D eigenvalue weighted by Crippen LogP contribution is -2.13.